The number of hydrogen-bond donors (Lipinski definition) is 0. The van der Waals surface area contributed by atoms with Gasteiger partial charge in [0.1, 0.15) is 11.6 Å². The molecule has 0 amide bonds. The molecule has 0 bridgehead atoms. The van der Waals surface area contributed by atoms with Crippen molar-refractivity contribution in [2.24, 2.45) is 7.05 Å². The van der Waals surface area contributed by atoms with Gasteiger partial charge in [0.25, 0.3) is 0 Å². The summed E-state index contributed by atoms with van der Waals surface area (Å²) in [6.07, 6.45) is 0.920. The molecule has 0 spiro atoms. The maximum Gasteiger partial charge on any atom is 0.147 e. The fraction of sp³-hybridized carbons (Fsp3) is 0.545. The highest BCUT2D eigenvalue weighted by Gasteiger charge is 2.14. The maximum atomic E-state index is 4.47. The first-order valence-electron chi connectivity index (χ1n) is 5.61. The van der Waals surface area contributed by atoms with Gasteiger partial charge >= 0.3 is 0 Å². The lowest BCUT2D eigenvalue weighted by molar-refractivity contribution is 0.599. The number of aromatic nitrogens is 5. The van der Waals surface area contributed by atoms with Gasteiger partial charge in [0.15, 0.2) is 0 Å². The van der Waals surface area contributed by atoms with Crippen LogP contribution in [0.4, 0.5) is 0 Å². The Bertz CT molecular complexity index is 540. The van der Waals surface area contributed by atoms with E-state index in [9.17, 15) is 0 Å². The summed E-state index contributed by atoms with van der Waals surface area (Å²) in [6, 6.07) is 0. The second-order valence-electron chi connectivity index (χ2n) is 4.05. The van der Waals surface area contributed by atoms with Crippen LogP contribution in [0.5, 0.6) is 0 Å². The summed E-state index contributed by atoms with van der Waals surface area (Å²) in [5.41, 5.74) is 2.20. The quantitative estimate of drug-likeness (QED) is 0.871. The number of aryl methyl sites for hydroxylation is 4. The third-order valence-electron chi connectivity index (χ3n) is 2.77. The minimum atomic E-state index is 0.691. The van der Waals surface area contributed by atoms with Crippen LogP contribution in [0.25, 0.3) is 0 Å². The normalized spacial score (nSPS) is 11.1. The van der Waals surface area contributed by atoms with Gasteiger partial charge in [-0.05, 0) is 36.2 Å². The van der Waals surface area contributed by atoms with Crippen LogP contribution in [0, 0.1) is 13.8 Å². The van der Waals surface area contributed by atoms with E-state index in [1.165, 1.54) is 0 Å². The highest BCUT2D eigenvalue weighted by atomic mass is 79.9. The van der Waals surface area contributed by atoms with E-state index in [2.05, 4.69) is 38.0 Å². The zero-order valence-corrected chi connectivity index (χ0v) is 12.1. The van der Waals surface area contributed by atoms with Crippen molar-refractivity contribution in [2.45, 2.75) is 33.7 Å². The highest BCUT2D eigenvalue weighted by Crippen LogP contribution is 2.22. The Labute approximate surface area is 109 Å². The molecule has 92 valence electrons. The molecule has 0 fully saturated rings. The van der Waals surface area contributed by atoms with Crippen LogP contribution in [0.3, 0.4) is 0 Å². The van der Waals surface area contributed by atoms with Crippen molar-refractivity contribution >= 4 is 15.9 Å². The van der Waals surface area contributed by atoms with Crippen LogP contribution >= 0.6 is 15.9 Å². The topological polar surface area (TPSA) is 48.5 Å². The summed E-state index contributed by atoms with van der Waals surface area (Å²) in [5.74, 6) is 1.73. The van der Waals surface area contributed by atoms with E-state index in [1.54, 1.807) is 0 Å². The number of hydrogen-bond acceptors (Lipinski definition) is 3. The predicted molar refractivity (Wildman–Crippen MR) is 68.9 cm³/mol. The Hall–Kier alpha value is -1.17. The fourth-order valence-corrected chi connectivity index (χ4v) is 2.59. The average Bonchev–Trinajstić information content (AvgIpc) is 2.72. The third-order valence-corrected chi connectivity index (χ3v) is 3.68. The van der Waals surface area contributed by atoms with Crippen LogP contribution in [0.2, 0.25) is 0 Å². The molecular weight excluding hydrogens is 282 g/mol. The first-order chi connectivity index (χ1) is 8.02. The first kappa shape index (κ1) is 12.3. The molecule has 0 aliphatic carbocycles. The van der Waals surface area contributed by atoms with Gasteiger partial charge in [-0.2, -0.15) is 10.2 Å². The first-order valence-corrected chi connectivity index (χ1v) is 6.40. The Balaban J connectivity index is 2.36. The van der Waals surface area contributed by atoms with E-state index < -0.39 is 0 Å². The summed E-state index contributed by atoms with van der Waals surface area (Å²) in [7, 11) is 1.96. The van der Waals surface area contributed by atoms with E-state index in [0.717, 1.165) is 33.9 Å². The van der Waals surface area contributed by atoms with Gasteiger partial charge in [-0.3, -0.25) is 4.68 Å². The molecule has 2 rings (SSSR count). The molecular formula is C11H16BrN5. The van der Waals surface area contributed by atoms with Crippen molar-refractivity contribution < 1.29 is 0 Å². The largest absolute Gasteiger partial charge is 0.269 e. The SMILES string of the molecule is CCc1nn(C)c(Cn2nc(C)nc2C)c1Br. The third kappa shape index (κ3) is 2.26. The van der Waals surface area contributed by atoms with Gasteiger partial charge in [0.2, 0.25) is 0 Å². The van der Waals surface area contributed by atoms with Gasteiger partial charge in [-0.25, -0.2) is 9.67 Å². The molecule has 0 saturated carbocycles. The van der Waals surface area contributed by atoms with Crippen LogP contribution in [0.1, 0.15) is 30.0 Å². The fourth-order valence-electron chi connectivity index (χ4n) is 1.84. The highest BCUT2D eigenvalue weighted by molar-refractivity contribution is 9.10. The molecule has 6 heteroatoms. The summed E-state index contributed by atoms with van der Waals surface area (Å²) in [6.45, 7) is 6.66. The molecule has 0 saturated heterocycles. The molecule has 5 nitrogen and oxygen atoms in total. The molecule has 0 aromatic carbocycles. The Kier molecular flexibility index (Phi) is 3.33. The molecule has 0 radical (unpaired) electrons. The van der Waals surface area contributed by atoms with E-state index in [-0.39, 0.29) is 0 Å². The standard InChI is InChI=1S/C11H16BrN5/c1-5-9-11(12)10(16(4)15-9)6-17-8(3)13-7(2)14-17/h5-6H2,1-4H3. The molecule has 2 heterocycles. The summed E-state index contributed by atoms with van der Waals surface area (Å²) in [5, 5.41) is 8.84. The van der Waals surface area contributed by atoms with Crippen LogP contribution in [-0.2, 0) is 20.0 Å². The lowest BCUT2D eigenvalue weighted by Gasteiger charge is -2.04. The van der Waals surface area contributed by atoms with Gasteiger partial charge in [-0.15, -0.1) is 0 Å². The van der Waals surface area contributed by atoms with Crippen molar-refractivity contribution in [1.82, 2.24) is 24.5 Å². The molecule has 2 aromatic rings. The lowest BCUT2D eigenvalue weighted by atomic mass is 10.3. The molecule has 0 N–H and O–H groups in total. The monoisotopic (exact) mass is 297 g/mol. The molecule has 0 aliphatic heterocycles. The van der Waals surface area contributed by atoms with Crippen molar-refractivity contribution in [1.29, 1.82) is 0 Å². The zero-order valence-electron chi connectivity index (χ0n) is 10.5. The van der Waals surface area contributed by atoms with E-state index >= 15 is 0 Å². The molecule has 2 aromatic heterocycles. The van der Waals surface area contributed by atoms with Crippen molar-refractivity contribution in [2.75, 3.05) is 0 Å². The second-order valence-corrected chi connectivity index (χ2v) is 4.84. The zero-order chi connectivity index (χ0) is 12.6. The van der Waals surface area contributed by atoms with Crippen molar-refractivity contribution in [3.05, 3.63) is 27.5 Å². The number of halogens is 1. The summed E-state index contributed by atoms with van der Waals surface area (Å²) in [4.78, 5) is 4.30. The van der Waals surface area contributed by atoms with Crippen LogP contribution in [0.15, 0.2) is 4.47 Å². The van der Waals surface area contributed by atoms with Crippen LogP contribution in [-0.4, -0.2) is 24.5 Å². The predicted octanol–water partition coefficient (Wildman–Crippen LogP) is 2.00. The lowest BCUT2D eigenvalue weighted by Crippen LogP contribution is -2.09. The average molecular weight is 298 g/mol. The van der Waals surface area contributed by atoms with E-state index in [1.807, 2.05) is 30.3 Å². The molecule has 0 aliphatic rings. The Morgan fingerprint density at radius 1 is 1.24 bits per heavy atom. The summed E-state index contributed by atoms with van der Waals surface area (Å²) >= 11 is 3.61. The molecule has 0 atom stereocenters. The number of nitrogens with zero attached hydrogens (tertiary/aromatic N) is 5. The summed E-state index contributed by atoms with van der Waals surface area (Å²) < 4.78 is 4.88. The van der Waals surface area contributed by atoms with Crippen LogP contribution < -0.4 is 0 Å². The van der Waals surface area contributed by atoms with Gasteiger partial charge < -0.3 is 0 Å². The number of rotatable bonds is 3. The minimum absolute atomic E-state index is 0.691. The van der Waals surface area contributed by atoms with Gasteiger partial charge in [-0.1, -0.05) is 6.92 Å². The Morgan fingerprint density at radius 2 is 1.94 bits per heavy atom. The van der Waals surface area contributed by atoms with Crippen molar-refractivity contribution in [3.63, 3.8) is 0 Å². The van der Waals surface area contributed by atoms with E-state index in [4.69, 9.17) is 0 Å². The smallest absolute Gasteiger partial charge is 0.147 e. The molecule has 0 unspecified atom stereocenters. The second kappa shape index (κ2) is 4.60. The minimum Gasteiger partial charge on any atom is -0.269 e. The maximum absolute atomic E-state index is 4.47. The van der Waals surface area contributed by atoms with Gasteiger partial charge in [0.05, 0.1) is 22.4 Å². The Morgan fingerprint density at radius 3 is 2.41 bits per heavy atom. The molecule has 17 heavy (non-hydrogen) atoms. The van der Waals surface area contributed by atoms with Gasteiger partial charge in [0, 0.05) is 7.05 Å². The van der Waals surface area contributed by atoms with E-state index in [0.29, 0.717) is 6.54 Å². The van der Waals surface area contributed by atoms with Crippen molar-refractivity contribution in [3.8, 4) is 0 Å².